The number of ether oxygens (including phenoxy) is 3. The molecular weight excluding hydrogens is 407 g/mol. The highest BCUT2D eigenvalue weighted by molar-refractivity contribution is 6.15. The molecule has 3 aliphatic rings. The lowest BCUT2D eigenvalue weighted by atomic mass is 9.97. The molecule has 0 bridgehead atoms. The van der Waals surface area contributed by atoms with Crippen LogP contribution in [0.25, 0.3) is 0 Å². The smallest absolute Gasteiger partial charge is 0.354 e. The molecular formula is C22H19FN2O6. The van der Waals surface area contributed by atoms with E-state index in [0.29, 0.717) is 28.1 Å². The van der Waals surface area contributed by atoms with Crippen molar-refractivity contribution in [3.8, 4) is 5.75 Å². The molecule has 2 amide bonds. The van der Waals surface area contributed by atoms with Crippen LogP contribution in [0.4, 0.5) is 10.1 Å². The van der Waals surface area contributed by atoms with Crippen LogP contribution >= 0.6 is 0 Å². The Morgan fingerprint density at radius 1 is 1.26 bits per heavy atom. The molecule has 1 atom stereocenters. The lowest BCUT2D eigenvalue weighted by Crippen LogP contribution is -2.67. The maximum atomic E-state index is 14.0. The number of hydrogen-bond acceptors (Lipinski definition) is 6. The standard InChI is InChI=1S/C22H19FN2O6/c1-24-20(27)16-4-2-3-5-17(16)25-18(26)6-7-22(24,25)21(28)30-11-14-9-15(23)8-13-10-29-12-31-19(13)14/h2-5,8-9H,6-7,10-12H2,1H3/t22-/m0/s1. The van der Waals surface area contributed by atoms with Crippen molar-refractivity contribution >= 4 is 23.5 Å². The highest BCUT2D eigenvalue weighted by atomic mass is 19.1. The number of amides is 2. The van der Waals surface area contributed by atoms with Crippen molar-refractivity contribution in [3.63, 3.8) is 0 Å². The predicted octanol–water partition coefficient (Wildman–Crippen LogP) is 2.34. The van der Waals surface area contributed by atoms with Crippen molar-refractivity contribution in [2.45, 2.75) is 31.7 Å². The van der Waals surface area contributed by atoms with Crippen molar-refractivity contribution in [2.75, 3.05) is 18.7 Å². The second kappa shape index (κ2) is 7.05. The van der Waals surface area contributed by atoms with E-state index < -0.39 is 17.4 Å². The average molecular weight is 426 g/mol. The van der Waals surface area contributed by atoms with Gasteiger partial charge in [-0.05, 0) is 24.3 Å². The lowest BCUT2D eigenvalue weighted by molar-refractivity contribution is -0.158. The Balaban J connectivity index is 1.49. The molecule has 5 rings (SSSR count). The predicted molar refractivity (Wildman–Crippen MR) is 104 cm³/mol. The maximum Gasteiger partial charge on any atom is 0.354 e. The van der Waals surface area contributed by atoms with Crippen LogP contribution in [-0.4, -0.2) is 42.2 Å². The first-order chi connectivity index (χ1) is 14.9. The topological polar surface area (TPSA) is 85.4 Å². The molecule has 3 aliphatic heterocycles. The molecule has 0 spiro atoms. The van der Waals surface area contributed by atoms with Gasteiger partial charge in [-0.25, -0.2) is 9.18 Å². The molecule has 3 heterocycles. The van der Waals surface area contributed by atoms with Gasteiger partial charge in [-0.15, -0.1) is 0 Å². The Morgan fingerprint density at radius 3 is 2.90 bits per heavy atom. The van der Waals surface area contributed by atoms with Crippen molar-refractivity contribution in [1.82, 2.24) is 4.90 Å². The Labute approximate surface area is 177 Å². The third kappa shape index (κ3) is 2.80. The number of halogens is 1. The van der Waals surface area contributed by atoms with Gasteiger partial charge in [0.25, 0.3) is 5.91 Å². The minimum absolute atomic E-state index is 0.0137. The van der Waals surface area contributed by atoms with E-state index in [4.69, 9.17) is 14.2 Å². The highest BCUT2D eigenvalue weighted by Gasteiger charge is 2.60. The molecule has 0 aromatic heterocycles. The number of anilines is 1. The summed E-state index contributed by atoms with van der Waals surface area (Å²) >= 11 is 0. The number of hydrogen-bond donors (Lipinski definition) is 0. The number of rotatable bonds is 3. The summed E-state index contributed by atoms with van der Waals surface area (Å²) < 4.78 is 30.2. The van der Waals surface area contributed by atoms with Gasteiger partial charge >= 0.3 is 5.97 Å². The Hall–Kier alpha value is -3.46. The summed E-state index contributed by atoms with van der Waals surface area (Å²) in [6, 6.07) is 9.21. The van der Waals surface area contributed by atoms with E-state index >= 15 is 0 Å². The SMILES string of the molecule is CN1C(=O)c2ccccc2N2C(=O)CC[C@]12C(=O)OCc1cc(F)cc2c1OCOC2. The molecule has 31 heavy (non-hydrogen) atoms. The monoisotopic (exact) mass is 426 g/mol. The maximum absolute atomic E-state index is 14.0. The van der Waals surface area contributed by atoms with E-state index in [1.807, 2.05) is 0 Å². The number of carbonyl (C=O) groups is 3. The van der Waals surface area contributed by atoms with Gasteiger partial charge < -0.3 is 19.1 Å². The minimum Gasteiger partial charge on any atom is -0.467 e. The molecule has 2 aromatic rings. The average Bonchev–Trinajstić information content (AvgIpc) is 3.14. The van der Waals surface area contributed by atoms with Gasteiger partial charge in [-0.2, -0.15) is 0 Å². The molecule has 0 unspecified atom stereocenters. The second-order valence-electron chi connectivity index (χ2n) is 7.67. The van der Waals surface area contributed by atoms with Gasteiger partial charge in [-0.1, -0.05) is 12.1 Å². The van der Waals surface area contributed by atoms with Crippen LogP contribution < -0.4 is 9.64 Å². The van der Waals surface area contributed by atoms with E-state index in [0.717, 1.165) is 0 Å². The summed E-state index contributed by atoms with van der Waals surface area (Å²) in [5, 5.41) is 0. The van der Waals surface area contributed by atoms with Gasteiger partial charge in [0.05, 0.1) is 17.9 Å². The van der Waals surface area contributed by atoms with Crippen LogP contribution in [0, 0.1) is 5.82 Å². The van der Waals surface area contributed by atoms with Gasteiger partial charge in [0.2, 0.25) is 11.6 Å². The number of carbonyl (C=O) groups excluding carboxylic acids is 3. The lowest BCUT2D eigenvalue weighted by Gasteiger charge is -2.46. The van der Waals surface area contributed by atoms with Crippen molar-refractivity contribution < 1.29 is 33.0 Å². The zero-order chi connectivity index (χ0) is 21.8. The first kappa shape index (κ1) is 19.5. The first-order valence-electron chi connectivity index (χ1n) is 9.83. The van der Waals surface area contributed by atoms with E-state index in [1.165, 1.54) is 29.0 Å². The molecule has 160 valence electrons. The van der Waals surface area contributed by atoms with Crippen molar-refractivity contribution in [1.29, 1.82) is 0 Å². The largest absolute Gasteiger partial charge is 0.467 e. The van der Waals surface area contributed by atoms with Gasteiger partial charge in [0.1, 0.15) is 18.2 Å². The molecule has 8 nitrogen and oxygen atoms in total. The summed E-state index contributed by atoms with van der Waals surface area (Å²) in [6.45, 7) is -0.0690. The summed E-state index contributed by atoms with van der Waals surface area (Å²) in [4.78, 5) is 41.7. The zero-order valence-corrected chi connectivity index (χ0v) is 16.7. The van der Waals surface area contributed by atoms with E-state index in [2.05, 4.69) is 0 Å². The molecule has 1 fully saturated rings. The number of benzene rings is 2. The molecule has 0 saturated carbocycles. The van der Waals surface area contributed by atoms with Gasteiger partial charge in [-0.3, -0.25) is 14.5 Å². The zero-order valence-electron chi connectivity index (χ0n) is 16.7. The summed E-state index contributed by atoms with van der Waals surface area (Å²) in [6.07, 6.45) is 0.198. The highest BCUT2D eigenvalue weighted by Crippen LogP contribution is 2.44. The number of likely N-dealkylation sites (N-methyl/N-ethyl adjacent to an activating group) is 1. The van der Waals surface area contributed by atoms with Crippen LogP contribution in [0.1, 0.15) is 34.3 Å². The molecule has 0 radical (unpaired) electrons. The third-order valence-electron chi connectivity index (χ3n) is 5.98. The van der Waals surface area contributed by atoms with E-state index in [1.54, 1.807) is 24.3 Å². The Morgan fingerprint density at radius 2 is 2.06 bits per heavy atom. The fourth-order valence-corrected chi connectivity index (χ4v) is 4.51. The summed E-state index contributed by atoms with van der Waals surface area (Å²) in [7, 11) is 1.48. The Kier molecular flexibility index (Phi) is 4.44. The normalized spacial score (nSPS) is 21.9. The summed E-state index contributed by atoms with van der Waals surface area (Å²) in [5.41, 5.74) is 0.0148. The molecule has 0 N–H and O–H groups in total. The van der Waals surface area contributed by atoms with Crippen LogP contribution in [0.3, 0.4) is 0 Å². The van der Waals surface area contributed by atoms with Crippen LogP contribution in [0.5, 0.6) is 5.75 Å². The van der Waals surface area contributed by atoms with E-state index in [-0.39, 0.29) is 44.7 Å². The van der Waals surface area contributed by atoms with Gasteiger partial charge in [0.15, 0.2) is 6.79 Å². The first-order valence-corrected chi connectivity index (χ1v) is 9.83. The number of fused-ring (bicyclic) bond motifs is 4. The van der Waals surface area contributed by atoms with Gasteiger partial charge in [0, 0.05) is 31.0 Å². The quantitative estimate of drug-likeness (QED) is 0.701. The second-order valence-corrected chi connectivity index (χ2v) is 7.67. The number of esters is 1. The molecule has 9 heteroatoms. The third-order valence-corrected chi connectivity index (χ3v) is 5.98. The van der Waals surface area contributed by atoms with Crippen LogP contribution in [-0.2, 0) is 32.3 Å². The van der Waals surface area contributed by atoms with Crippen molar-refractivity contribution in [3.05, 3.63) is 58.9 Å². The molecule has 2 aromatic carbocycles. The Bertz CT molecular complexity index is 1120. The minimum atomic E-state index is -1.58. The van der Waals surface area contributed by atoms with Crippen LogP contribution in [0.2, 0.25) is 0 Å². The molecule has 0 aliphatic carbocycles. The summed E-state index contributed by atoms with van der Waals surface area (Å²) in [5.74, 6) is -1.49. The fraction of sp³-hybridized carbons (Fsp3) is 0.318. The van der Waals surface area contributed by atoms with Crippen molar-refractivity contribution in [2.24, 2.45) is 0 Å². The van der Waals surface area contributed by atoms with Crippen LogP contribution in [0.15, 0.2) is 36.4 Å². The number of para-hydroxylation sites is 1. The van der Waals surface area contributed by atoms with E-state index in [9.17, 15) is 18.8 Å². The fourth-order valence-electron chi connectivity index (χ4n) is 4.51. The number of nitrogens with zero attached hydrogens (tertiary/aromatic N) is 2. The molecule has 1 saturated heterocycles.